The Bertz CT molecular complexity index is 537. The fraction of sp³-hybridized carbons (Fsp3) is 0.765. The van der Waals surface area contributed by atoms with Crippen molar-refractivity contribution in [2.45, 2.75) is 72.1 Å². The van der Waals surface area contributed by atoms with Gasteiger partial charge in [0.25, 0.3) is 5.56 Å². The van der Waals surface area contributed by atoms with E-state index in [1.807, 2.05) is 0 Å². The summed E-state index contributed by atoms with van der Waals surface area (Å²) in [6, 6.07) is 0. The molecule has 0 radical (unpaired) electrons. The zero-order valence-electron chi connectivity index (χ0n) is 13.6. The molecule has 0 aromatic carbocycles. The zero-order chi connectivity index (χ0) is 15.6. The molecule has 0 bridgehead atoms. The van der Waals surface area contributed by atoms with Crippen molar-refractivity contribution in [1.82, 2.24) is 9.97 Å². The number of aromatic amines is 1. The van der Waals surface area contributed by atoms with Gasteiger partial charge in [-0.3, -0.25) is 4.79 Å². The number of rotatable bonds is 3. The molecule has 21 heavy (non-hydrogen) atoms. The van der Waals surface area contributed by atoms with E-state index in [0.29, 0.717) is 11.3 Å². The highest BCUT2D eigenvalue weighted by atomic mass is 127. The molecular weight excluding hydrogens is 375 g/mol. The Morgan fingerprint density at radius 1 is 1.24 bits per heavy atom. The molecule has 0 atom stereocenters. The third-order valence-corrected chi connectivity index (χ3v) is 5.89. The first-order valence-electron chi connectivity index (χ1n) is 8.11. The highest BCUT2D eigenvalue weighted by molar-refractivity contribution is 14.1. The lowest BCUT2D eigenvalue weighted by atomic mass is 9.69. The van der Waals surface area contributed by atoms with E-state index in [2.05, 4.69) is 55.3 Å². The SMILES string of the molecule is CCCc1nc(C2CCC(C(C)(C)C)CC2)[nH]c(=O)c1I. The first-order valence-corrected chi connectivity index (χ1v) is 9.19. The molecule has 0 amide bonds. The summed E-state index contributed by atoms with van der Waals surface area (Å²) in [5.74, 6) is 2.15. The minimum absolute atomic E-state index is 0.0435. The van der Waals surface area contributed by atoms with E-state index < -0.39 is 0 Å². The van der Waals surface area contributed by atoms with Crippen LogP contribution in [0, 0.1) is 14.9 Å². The standard InChI is InChI=1S/C17H27IN2O/c1-5-6-13-14(18)16(21)20-15(19-13)11-7-9-12(10-8-11)17(2,3)4/h11-12H,5-10H2,1-4H3,(H,19,20,21). The van der Waals surface area contributed by atoms with Crippen LogP contribution in [0.1, 0.15) is 77.2 Å². The summed E-state index contributed by atoms with van der Waals surface area (Å²) in [4.78, 5) is 19.9. The van der Waals surface area contributed by atoms with Crippen LogP contribution < -0.4 is 5.56 Å². The monoisotopic (exact) mass is 402 g/mol. The molecule has 0 aliphatic heterocycles. The molecule has 0 unspecified atom stereocenters. The molecule has 2 rings (SSSR count). The number of nitrogens with zero attached hydrogens (tertiary/aromatic N) is 1. The number of halogens is 1. The maximum atomic E-state index is 12.1. The van der Waals surface area contributed by atoms with Crippen molar-refractivity contribution < 1.29 is 0 Å². The van der Waals surface area contributed by atoms with Crippen LogP contribution in [-0.2, 0) is 6.42 Å². The van der Waals surface area contributed by atoms with Crippen LogP contribution in [0.15, 0.2) is 4.79 Å². The van der Waals surface area contributed by atoms with Crippen molar-refractivity contribution in [2.24, 2.45) is 11.3 Å². The smallest absolute Gasteiger partial charge is 0.264 e. The minimum atomic E-state index is 0.0435. The van der Waals surface area contributed by atoms with Gasteiger partial charge in [-0.15, -0.1) is 0 Å². The average molecular weight is 402 g/mol. The van der Waals surface area contributed by atoms with Gasteiger partial charge in [0.1, 0.15) is 5.82 Å². The van der Waals surface area contributed by atoms with Gasteiger partial charge in [-0.25, -0.2) is 4.98 Å². The molecule has 0 spiro atoms. The summed E-state index contributed by atoms with van der Waals surface area (Å²) in [7, 11) is 0. The van der Waals surface area contributed by atoms with E-state index in [9.17, 15) is 4.79 Å². The molecule has 3 nitrogen and oxygen atoms in total. The van der Waals surface area contributed by atoms with Crippen LogP contribution in [0.3, 0.4) is 0 Å². The van der Waals surface area contributed by atoms with Crippen LogP contribution in [0.25, 0.3) is 0 Å². The van der Waals surface area contributed by atoms with Gasteiger partial charge in [0, 0.05) is 5.92 Å². The van der Waals surface area contributed by atoms with Crippen LogP contribution in [0.2, 0.25) is 0 Å². The maximum absolute atomic E-state index is 12.1. The van der Waals surface area contributed by atoms with Gasteiger partial charge >= 0.3 is 0 Å². The van der Waals surface area contributed by atoms with Crippen LogP contribution in [0.5, 0.6) is 0 Å². The van der Waals surface area contributed by atoms with E-state index in [4.69, 9.17) is 4.98 Å². The highest BCUT2D eigenvalue weighted by Crippen LogP contribution is 2.42. The van der Waals surface area contributed by atoms with Crippen molar-refractivity contribution in [3.05, 3.63) is 25.4 Å². The van der Waals surface area contributed by atoms with Crippen molar-refractivity contribution in [3.8, 4) is 0 Å². The third-order valence-electron chi connectivity index (χ3n) is 4.78. The Hall–Kier alpha value is -0.390. The molecule has 0 saturated heterocycles. The molecular formula is C17H27IN2O. The van der Waals surface area contributed by atoms with Gasteiger partial charge in [-0.1, -0.05) is 34.1 Å². The molecule has 1 saturated carbocycles. The van der Waals surface area contributed by atoms with E-state index in [1.54, 1.807) is 0 Å². The highest BCUT2D eigenvalue weighted by Gasteiger charge is 2.31. The van der Waals surface area contributed by atoms with E-state index in [1.165, 1.54) is 12.8 Å². The average Bonchev–Trinajstić information content (AvgIpc) is 2.43. The number of aromatic nitrogens is 2. The third kappa shape index (κ3) is 4.08. The van der Waals surface area contributed by atoms with E-state index in [0.717, 1.165) is 46.7 Å². The molecule has 1 heterocycles. The number of nitrogens with one attached hydrogen (secondary N) is 1. The summed E-state index contributed by atoms with van der Waals surface area (Å²) in [6.07, 6.45) is 6.71. The fourth-order valence-corrected chi connectivity index (χ4v) is 3.88. The van der Waals surface area contributed by atoms with Gasteiger partial charge in [-0.05, 0) is 66.0 Å². The lowest BCUT2D eigenvalue weighted by molar-refractivity contribution is 0.167. The quantitative estimate of drug-likeness (QED) is 0.749. The molecule has 1 aliphatic rings. The molecule has 4 heteroatoms. The van der Waals surface area contributed by atoms with Crippen LogP contribution >= 0.6 is 22.6 Å². The molecule has 1 aliphatic carbocycles. The first-order chi connectivity index (χ1) is 9.82. The number of hydrogen-bond donors (Lipinski definition) is 1. The van der Waals surface area contributed by atoms with E-state index in [-0.39, 0.29) is 5.56 Å². The summed E-state index contributed by atoms with van der Waals surface area (Å²) < 4.78 is 0.765. The van der Waals surface area contributed by atoms with Crippen LogP contribution in [0.4, 0.5) is 0 Å². The second kappa shape index (κ2) is 6.80. The molecule has 1 fully saturated rings. The normalized spacial score (nSPS) is 23.3. The second-order valence-corrected chi connectivity index (χ2v) is 8.46. The fourth-order valence-electron chi connectivity index (χ4n) is 3.35. The van der Waals surface area contributed by atoms with Gasteiger partial charge in [-0.2, -0.15) is 0 Å². The molecule has 118 valence electrons. The maximum Gasteiger partial charge on any atom is 0.264 e. The van der Waals surface area contributed by atoms with Crippen molar-refractivity contribution in [2.75, 3.05) is 0 Å². The zero-order valence-corrected chi connectivity index (χ0v) is 15.8. The van der Waals surface area contributed by atoms with Crippen molar-refractivity contribution in [1.29, 1.82) is 0 Å². The van der Waals surface area contributed by atoms with Crippen LogP contribution in [-0.4, -0.2) is 9.97 Å². The Morgan fingerprint density at radius 2 is 1.86 bits per heavy atom. The second-order valence-electron chi connectivity index (χ2n) is 7.38. The Morgan fingerprint density at radius 3 is 2.38 bits per heavy atom. The lowest BCUT2D eigenvalue weighted by Crippen LogP contribution is -2.27. The summed E-state index contributed by atoms with van der Waals surface area (Å²) >= 11 is 2.12. The summed E-state index contributed by atoms with van der Waals surface area (Å²) in [5.41, 5.74) is 1.42. The summed E-state index contributed by atoms with van der Waals surface area (Å²) in [5, 5.41) is 0. The Balaban J connectivity index is 2.15. The molecule has 1 N–H and O–H groups in total. The summed E-state index contributed by atoms with van der Waals surface area (Å²) in [6.45, 7) is 9.14. The predicted octanol–water partition coefficient (Wildman–Crippen LogP) is 4.65. The largest absolute Gasteiger partial charge is 0.309 e. The number of H-pyrrole nitrogens is 1. The van der Waals surface area contributed by atoms with Gasteiger partial charge in [0.15, 0.2) is 0 Å². The molecule has 1 aromatic heterocycles. The van der Waals surface area contributed by atoms with Crippen molar-refractivity contribution in [3.63, 3.8) is 0 Å². The lowest BCUT2D eigenvalue weighted by Gasteiger charge is -2.36. The van der Waals surface area contributed by atoms with Crippen molar-refractivity contribution >= 4 is 22.6 Å². The Labute approximate surface area is 141 Å². The van der Waals surface area contributed by atoms with Gasteiger partial charge < -0.3 is 4.98 Å². The Kier molecular flexibility index (Phi) is 5.49. The predicted molar refractivity (Wildman–Crippen MR) is 95.7 cm³/mol. The molecule has 1 aromatic rings. The van der Waals surface area contributed by atoms with Gasteiger partial charge in [0.2, 0.25) is 0 Å². The first kappa shape index (κ1) is 17.0. The van der Waals surface area contributed by atoms with Gasteiger partial charge in [0.05, 0.1) is 9.26 Å². The van der Waals surface area contributed by atoms with E-state index >= 15 is 0 Å². The number of hydrogen-bond acceptors (Lipinski definition) is 2. The minimum Gasteiger partial charge on any atom is -0.309 e. The number of aryl methyl sites for hydroxylation is 1. The topological polar surface area (TPSA) is 45.8 Å².